The fourth-order valence-electron chi connectivity index (χ4n) is 6.77. The minimum absolute atomic E-state index is 0.0395. The van der Waals surface area contributed by atoms with Crippen molar-refractivity contribution >= 4 is 13.7 Å². The van der Waals surface area contributed by atoms with E-state index in [2.05, 4.69) is 177 Å². The van der Waals surface area contributed by atoms with E-state index in [4.69, 9.17) is 9.05 Å². The Labute approximate surface area is 447 Å². The lowest BCUT2D eigenvalue weighted by Crippen LogP contribution is -2.45. The molecule has 1 amide bonds. The van der Waals surface area contributed by atoms with E-state index in [1.165, 1.54) is 12.8 Å². The van der Waals surface area contributed by atoms with Crippen LogP contribution in [-0.2, 0) is 18.4 Å². The summed E-state index contributed by atoms with van der Waals surface area (Å²) in [4.78, 5) is 23.2. The molecule has 0 rings (SSSR count). The summed E-state index contributed by atoms with van der Waals surface area (Å²) in [5.41, 5.74) is 0. The first-order valence-electron chi connectivity index (χ1n) is 28.0. The summed E-state index contributed by atoms with van der Waals surface area (Å²) in [7, 11) is 1.50. The molecule has 410 valence electrons. The first-order valence-corrected chi connectivity index (χ1v) is 29.5. The van der Waals surface area contributed by atoms with E-state index in [-0.39, 0.29) is 19.1 Å². The Morgan fingerprint density at radius 3 is 1.26 bits per heavy atom. The first-order chi connectivity index (χ1) is 35.5. The maximum atomic E-state index is 12.9. The second-order valence-electron chi connectivity index (χ2n) is 19.2. The summed E-state index contributed by atoms with van der Waals surface area (Å²) in [6.07, 6.45) is 84.6. The number of allylic oxidation sites excluding steroid dienone is 27. The molecular weight excluding hydrogens is 924 g/mol. The van der Waals surface area contributed by atoms with Gasteiger partial charge in [-0.1, -0.05) is 216 Å². The van der Waals surface area contributed by atoms with E-state index < -0.39 is 20.0 Å². The molecule has 8 nitrogen and oxygen atoms in total. The lowest BCUT2D eigenvalue weighted by Gasteiger charge is -2.25. The smallest absolute Gasteiger partial charge is 0.387 e. The quantitative estimate of drug-likeness (QED) is 0.0243. The number of phosphoric acid groups is 1. The largest absolute Gasteiger partial charge is 0.472 e. The molecule has 73 heavy (non-hydrogen) atoms. The van der Waals surface area contributed by atoms with E-state index in [1.807, 2.05) is 27.2 Å². The summed E-state index contributed by atoms with van der Waals surface area (Å²) in [5.74, 6) is -0.220. The van der Waals surface area contributed by atoms with Gasteiger partial charge in [-0.25, -0.2) is 4.57 Å². The number of phosphoric ester groups is 1. The molecule has 9 heteroatoms. The summed E-state index contributed by atoms with van der Waals surface area (Å²) in [5, 5.41) is 13.8. The molecule has 0 aromatic heterocycles. The zero-order valence-electron chi connectivity index (χ0n) is 46.5. The van der Waals surface area contributed by atoms with Gasteiger partial charge in [0, 0.05) is 6.42 Å². The number of likely N-dealkylation sites (N-methyl/N-ethyl adjacent to an activating group) is 1. The molecule has 0 aromatic carbocycles. The van der Waals surface area contributed by atoms with Gasteiger partial charge in [-0.3, -0.25) is 13.8 Å². The predicted molar refractivity (Wildman–Crippen MR) is 317 cm³/mol. The van der Waals surface area contributed by atoms with Gasteiger partial charge < -0.3 is 19.8 Å². The molecule has 0 aliphatic heterocycles. The van der Waals surface area contributed by atoms with E-state index in [0.717, 1.165) is 141 Å². The van der Waals surface area contributed by atoms with Crippen LogP contribution >= 0.6 is 7.82 Å². The van der Waals surface area contributed by atoms with E-state index in [0.29, 0.717) is 17.4 Å². The number of carbonyl (C=O) groups is 1. The molecule has 3 unspecified atom stereocenters. The highest BCUT2D eigenvalue weighted by Gasteiger charge is 2.27. The van der Waals surface area contributed by atoms with Gasteiger partial charge in [-0.15, -0.1) is 0 Å². The number of nitrogens with zero attached hydrogens (tertiary/aromatic N) is 1. The lowest BCUT2D eigenvalue weighted by molar-refractivity contribution is -0.870. The Kier molecular flexibility index (Phi) is 49.7. The lowest BCUT2D eigenvalue weighted by atomic mass is 10.1. The SMILES string of the molecule is CC/C=C\C/C=C\C/C=C\C/C=C\C/C=C\C/C=C\C/C=C\C/C=C\C/C=C\C/C=C\C/C=C\CCCCCCCC(=O)NC(COP(=O)(O)OCC[N+](C)(C)C)C(O)/C=C/CC/C=C/CC/C=C/CCCC. The summed E-state index contributed by atoms with van der Waals surface area (Å²) in [6, 6.07) is -0.892. The van der Waals surface area contributed by atoms with Crippen LogP contribution in [-0.4, -0.2) is 73.4 Å². The molecule has 0 aliphatic carbocycles. The third kappa shape index (κ3) is 55.4. The van der Waals surface area contributed by atoms with Crippen LogP contribution in [0, 0.1) is 0 Å². The number of quaternary nitrogens is 1. The van der Waals surface area contributed by atoms with Crippen molar-refractivity contribution in [2.24, 2.45) is 0 Å². The average molecular weight is 1030 g/mol. The molecule has 0 saturated carbocycles. The van der Waals surface area contributed by atoms with Crippen molar-refractivity contribution in [3.63, 3.8) is 0 Å². The Morgan fingerprint density at radius 1 is 0.479 bits per heavy atom. The predicted octanol–water partition coefficient (Wildman–Crippen LogP) is 17.3. The van der Waals surface area contributed by atoms with Crippen LogP contribution in [0.5, 0.6) is 0 Å². The molecule has 0 fully saturated rings. The molecule has 0 spiro atoms. The van der Waals surface area contributed by atoms with Crippen LogP contribution in [0.4, 0.5) is 0 Å². The molecular formula is C64H104N2O6P+. The molecule has 0 aliphatic rings. The zero-order chi connectivity index (χ0) is 53.5. The molecule has 0 bridgehead atoms. The van der Waals surface area contributed by atoms with Crippen molar-refractivity contribution in [1.29, 1.82) is 0 Å². The van der Waals surface area contributed by atoms with E-state index >= 15 is 0 Å². The second kappa shape index (κ2) is 52.7. The number of carbonyl (C=O) groups excluding carboxylic acids is 1. The van der Waals surface area contributed by atoms with Gasteiger partial charge in [0.15, 0.2) is 0 Å². The third-order valence-electron chi connectivity index (χ3n) is 11.1. The van der Waals surface area contributed by atoms with Crippen LogP contribution in [0.3, 0.4) is 0 Å². The number of aliphatic hydroxyl groups excluding tert-OH is 1. The van der Waals surface area contributed by atoms with Gasteiger partial charge in [0.1, 0.15) is 13.2 Å². The Hall–Kier alpha value is -4.14. The second-order valence-corrected chi connectivity index (χ2v) is 20.7. The van der Waals surface area contributed by atoms with Crippen LogP contribution in [0.25, 0.3) is 0 Å². The van der Waals surface area contributed by atoms with Crippen LogP contribution in [0.2, 0.25) is 0 Å². The number of unbranched alkanes of at least 4 members (excludes halogenated alkanes) is 9. The van der Waals surface area contributed by atoms with Gasteiger partial charge in [0.25, 0.3) is 0 Å². The maximum absolute atomic E-state index is 12.9. The highest BCUT2D eigenvalue weighted by molar-refractivity contribution is 7.47. The van der Waals surface area contributed by atoms with E-state index in [9.17, 15) is 19.4 Å². The minimum atomic E-state index is -4.37. The number of amides is 1. The standard InChI is InChI=1S/C64H103N2O6P/c1-6-8-10-12-14-16-18-20-21-22-23-24-25-26-27-28-29-30-31-32-33-34-35-36-37-38-39-40-41-42-43-44-45-46-48-50-52-54-56-58-64(68)65-62(61-72-73(69,70)71-60-59-66(3,4)5)63(67)57-55-53-51-49-47-19-17-15-13-11-9-7-2/h8,10,13-16,20-21,23-24,26-27,29-30,32-33,35-36,38-39,41-42,44-45,47,49,55,57,62-63,67H,6-7,9,11-12,17-19,22,25,28,31,34,37,40,43,46,48,50-54,56,58-61H2,1-5H3,(H-,65,68,69,70)/p+1/b10-8-,15-13+,16-14-,21-20-,24-23-,27-26-,30-29-,33-32-,36-35-,39-38-,42-41-,45-44-,49-47+,57-55+. The summed E-state index contributed by atoms with van der Waals surface area (Å²) < 4.78 is 23.6. The van der Waals surface area contributed by atoms with Gasteiger partial charge in [-0.2, -0.15) is 0 Å². The molecule has 0 radical (unpaired) electrons. The van der Waals surface area contributed by atoms with Crippen molar-refractivity contribution in [3.05, 3.63) is 170 Å². The fraction of sp³-hybridized carbons (Fsp3) is 0.547. The van der Waals surface area contributed by atoms with Crippen molar-refractivity contribution < 1.29 is 32.9 Å². The molecule has 3 atom stereocenters. The maximum Gasteiger partial charge on any atom is 0.472 e. The summed E-state index contributed by atoms with van der Waals surface area (Å²) in [6.45, 7) is 4.56. The van der Waals surface area contributed by atoms with Crippen LogP contribution < -0.4 is 5.32 Å². The number of hydrogen-bond donors (Lipinski definition) is 3. The third-order valence-corrected chi connectivity index (χ3v) is 12.1. The zero-order valence-corrected chi connectivity index (χ0v) is 47.4. The van der Waals surface area contributed by atoms with E-state index in [1.54, 1.807) is 6.08 Å². The van der Waals surface area contributed by atoms with Crippen LogP contribution in [0.15, 0.2) is 170 Å². The molecule has 0 saturated heterocycles. The number of nitrogens with one attached hydrogen (secondary N) is 1. The van der Waals surface area contributed by atoms with Crippen LogP contribution in [0.1, 0.15) is 174 Å². The van der Waals surface area contributed by atoms with Crippen molar-refractivity contribution in [2.75, 3.05) is 40.9 Å². The van der Waals surface area contributed by atoms with Crippen molar-refractivity contribution in [2.45, 2.75) is 187 Å². The minimum Gasteiger partial charge on any atom is -0.387 e. The number of rotatable bonds is 48. The van der Waals surface area contributed by atoms with Gasteiger partial charge in [0.05, 0.1) is 39.9 Å². The summed E-state index contributed by atoms with van der Waals surface area (Å²) >= 11 is 0. The highest BCUT2D eigenvalue weighted by Crippen LogP contribution is 2.43. The Morgan fingerprint density at radius 2 is 0.836 bits per heavy atom. The average Bonchev–Trinajstić information content (AvgIpc) is 3.35. The van der Waals surface area contributed by atoms with Gasteiger partial charge in [0.2, 0.25) is 5.91 Å². The Bertz CT molecular complexity index is 1780. The monoisotopic (exact) mass is 1030 g/mol. The topological polar surface area (TPSA) is 105 Å². The van der Waals surface area contributed by atoms with Gasteiger partial charge >= 0.3 is 7.82 Å². The first kappa shape index (κ1) is 68.9. The molecule has 3 N–H and O–H groups in total. The number of hydrogen-bond acceptors (Lipinski definition) is 5. The number of aliphatic hydroxyl groups is 1. The van der Waals surface area contributed by atoms with Gasteiger partial charge in [-0.05, 0) is 122 Å². The molecule has 0 heterocycles. The highest BCUT2D eigenvalue weighted by atomic mass is 31.2. The van der Waals surface area contributed by atoms with Crippen molar-refractivity contribution in [3.8, 4) is 0 Å². The normalized spacial score (nSPS) is 15.2. The molecule has 0 aromatic rings. The Balaban J connectivity index is 4.22. The fourth-order valence-corrected chi connectivity index (χ4v) is 7.50. The van der Waals surface area contributed by atoms with Crippen molar-refractivity contribution in [1.82, 2.24) is 5.32 Å².